The number of hydrogen-bond donors (Lipinski definition) is 2. The second-order valence-corrected chi connectivity index (χ2v) is 5.79. The van der Waals surface area contributed by atoms with Gasteiger partial charge in [0.1, 0.15) is 0 Å². The van der Waals surface area contributed by atoms with Crippen LogP contribution in [0.25, 0.3) is 0 Å². The van der Waals surface area contributed by atoms with Crippen LogP contribution in [0.2, 0.25) is 5.02 Å². The van der Waals surface area contributed by atoms with Gasteiger partial charge in [-0.15, -0.1) is 0 Å². The molecule has 0 unspecified atom stereocenters. The first-order valence-corrected chi connectivity index (χ1v) is 7.75. The minimum Gasteiger partial charge on any atom is -0.325 e. The molecule has 2 aromatic carbocycles. The van der Waals surface area contributed by atoms with Crippen LogP contribution in [0, 0.1) is 13.8 Å². The molecular weight excluding hydrogens is 296 g/mol. The molecule has 0 radical (unpaired) electrons. The first kappa shape index (κ1) is 16.5. The van der Waals surface area contributed by atoms with Crippen LogP contribution in [-0.4, -0.2) is 19.0 Å². The Bertz CT molecular complexity index is 655. The summed E-state index contributed by atoms with van der Waals surface area (Å²) in [5.74, 6) is -0.0280. The standard InChI is InChI=1S/C18H21ClN2O/c1-13-5-3-8-17(14(13)2)21-18(22)12-20-10-9-15-6-4-7-16(19)11-15/h3-8,11,20H,9-10,12H2,1-2H3,(H,21,22). The van der Waals surface area contributed by atoms with Crippen molar-refractivity contribution in [2.45, 2.75) is 20.3 Å². The zero-order chi connectivity index (χ0) is 15.9. The van der Waals surface area contributed by atoms with Gasteiger partial charge < -0.3 is 10.6 Å². The van der Waals surface area contributed by atoms with E-state index >= 15 is 0 Å². The lowest BCUT2D eigenvalue weighted by Crippen LogP contribution is -2.29. The summed E-state index contributed by atoms with van der Waals surface area (Å²) in [7, 11) is 0. The molecule has 0 atom stereocenters. The summed E-state index contributed by atoms with van der Waals surface area (Å²) in [6, 6.07) is 13.7. The maximum atomic E-state index is 11.9. The zero-order valence-electron chi connectivity index (χ0n) is 12.9. The fourth-order valence-electron chi connectivity index (χ4n) is 2.21. The van der Waals surface area contributed by atoms with Gasteiger partial charge in [-0.05, 0) is 61.7 Å². The maximum Gasteiger partial charge on any atom is 0.238 e. The third-order valence-electron chi connectivity index (χ3n) is 3.64. The molecule has 22 heavy (non-hydrogen) atoms. The average molecular weight is 317 g/mol. The Hall–Kier alpha value is -1.84. The van der Waals surface area contributed by atoms with Crippen molar-refractivity contribution >= 4 is 23.2 Å². The largest absolute Gasteiger partial charge is 0.325 e. The molecule has 0 saturated carbocycles. The molecule has 0 bridgehead atoms. The predicted molar refractivity (Wildman–Crippen MR) is 92.6 cm³/mol. The minimum absolute atomic E-state index is 0.0280. The van der Waals surface area contributed by atoms with E-state index in [1.807, 2.05) is 56.3 Å². The summed E-state index contributed by atoms with van der Waals surface area (Å²) >= 11 is 5.94. The van der Waals surface area contributed by atoms with Crippen molar-refractivity contribution in [3.8, 4) is 0 Å². The number of hydrogen-bond acceptors (Lipinski definition) is 2. The highest BCUT2D eigenvalue weighted by Gasteiger charge is 2.05. The van der Waals surface area contributed by atoms with E-state index in [2.05, 4.69) is 10.6 Å². The number of carbonyl (C=O) groups is 1. The topological polar surface area (TPSA) is 41.1 Å². The monoisotopic (exact) mass is 316 g/mol. The number of carbonyl (C=O) groups excluding carboxylic acids is 1. The van der Waals surface area contributed by atoms with Gasteiger partial charge in [-0.1, -0.05) is 35.9 Å². The fraction of sp³-hybridized carbons (Fsp3) is 0.278. The van der Waals surface area contributed by atoms with Crippen LogP contribution >= 0.6 is 11.6 Å². The highest BCUT2D eigenvalue weighted by molar-refractivity contribution is 6.30. The van der Waals surface area contributed by atoms with E-state index in [4.69, 9.17) is 11.6 Å². The lowest BCUT2D eigenvalue weighted by molar-refractivity contribution is -0.115. The van der Waals surface area contributed by atoms with Crippen LogP contribution in [0.5, 0.6) is 0 Å². The van der Waals surface area contributed by atoms with Crippen LogP contribution in [0.1, 0.15) is 16.7 Å². The Kier molecular flexibility index (Phi) is 5.99. The van der Waals surface area contributed by atoms with Crippen molar-refractivity contribution in [1.29, 1.82) is 0 Å². The quantitative estimate of drug-likeness (QED) is 0.797. The van der Waals surface area contributed by atoms with Gasteiger partial charge in [0.2, 0.25) is 5.91 Å². The Morgan fingerprint density at radius 2 is 1.91 bits per heavy atom. The third kappa shape index (κ3) is 4.86. The molecule has 2 aromatic rings. The van der Waals surface area contributed by atoms with Gasteiger partial charge in [0.05, 0.1) is 6.54 Å². The molecule has 0 aromatic heterocycles. The summed E-state index contributed by atoms with van der Waals surface area (Å²) in [5, 5.41) is 6.83. The molecule has 2 N–H and O–H groups in total. The van der Waals surface area contributed by atoms with Gasteiger partial charge >= 0.3 is 0 Å². The second-order valence-electron chi connectivity index (χ2n) is 5.35. The van der Waals surface area contributed by atoms with Crippen molar-refractivity contribution in [3.63, 3.8) is 0 Å². The number of aryl methyl sites for hydroxylation is 1. The SMILES string of the molecule is Cc1cccc(NC(=O)CNCCc2cccc(Cl)c2)c1C. The van der Waals surface area contributed by atoms with Gasteiger partial charge in [0, 0.05) is 10.7 Å². The molecule has 116 valence electrons. The molecule has 0 aliphatic heterocycles. The van der Waals surface area contributed by atoms with Crippen molar-refractivity contribution in [1.82, 2.24) is 5.32 Å². The van der Waals surface area contributed by atoms with Crippen LogP contribution in [0.4, 0.5) is 5.69 Å². The lowest BCUT2D eigenvalue weighted by Gasteiger charge is -2.11. The van der Waals surface area contributed by atoms with E-state index in [9.17, 15) is 4.79 Å². The summed E-state index contributed by atoms with van der Waals surface area (Å²) in [4.78, 5) is 11.9. The Labute approximate surface area is 136 Å². The van der Waals surface area contributed by atoms with Gasteiger partial charge in [-0.25, -0.2) is 0 Å². The van der Waals surface area contributed by atoms with Gasteiger partial charge in [-0.2, -0.15) is 0 Å². The van der Waals surface area contributed by atoms with Gasteiger partial charge in [0.25, 0.3) is 0 Å². The molecule has 0 aliphatic carbocycles. The van der Waals surface area contributed by atoms with E-state index in [0.717, 1.165) is 34.8 Å². The van der Waals surface area contributed by atoms with E-state index < -0.39 is 0 Å². The van der Waals surface area contributed by atoms with E-state index in [0.29, 0.717) is 6.54 Å². The van der Waals surface area contributed by atoms with Gasteiger partial charge in [-0.3, -0.25) is 4.79 Å². The summed E-state index contributed by atoms with van der Waals surface area (Å²) in [6.07, 6.45) is 0.845. The zero-order valence-corrected chi connectivity index (χ0v) is 13.7. The number of benzene rings is 2. The molecule has 3 nitrogen and oxygen atoms in total. The summed E-state index contributed by atoms with van der Waals surface area (Å²) in [5.41, 5.74) is 4.32. The number of amides is 1. The van der Waals surface area contributed by atoms with Crippen molar-refractivity contribution < 1.29 is 4.79 Å². The molecule has 0 aliphatic rings. The normalized spacial score (nSPS) is 10.5. The Morgan fingerprint density at radius 3 is 2.68 bits per heavy atom. The molecule has 0 spiro atoms. The molecule has 2 rings (SSSR count). The molecular formula is C18H21ClN2O. The van der Waals surface area contributed by atoms with Crippen LogP contribution in [-0.2, 0) is 11.2 Å². The number of rotatable bonds is 6. The first-order chi connectivity index (χ1) is 10.6. The van der Waals surface area contributed by atoms with Crippen LogP contribution in [0.15, 0.2) is 42.5 Å². The van der Waals surface area contributed by atoms with Crippen LogP contribution in [0.3, 0.4) is 0 Å². The van der Waals surface area contributed by atoms with E-state index in [1.54, 1.807) is 0 Å². The van der Waals surface area contributed by atoms with Gasteiger partial charge in [0.15, 0.2) is 0 Å². The van der Waals surface area contributed by atoms with Crippen molar-refractivity contribution in [2.75, 3.05) is 18.4 Å². The third-order valence-corrected chi connectivity index (χ3v) is 3.88. The Balaban J connectivity index is 1.75. The summed E-state index contributed by atoms with van der Waals surface area (Å²) < 4.78 is 0. The fourth-order valence-corrected chi connectivity index (χ4v) is 2.42. The highest BCUT2D eigenvalue weighted by atomic mass is 35.5. The highest BCUT2D eigenvalue weighted by Crippen LogP contribution is 2.17. The van der Waals surface area contributed by atoms with E-state index in [1.165, 1.54) is 5.56 Å². The molecule has 4 heteroatoms. The Morgan fingerprint density at radius 1 is 1.14 bits per heavy atom. The number of nitrogens with one attached hydrogen (secondary N) is 2. The van der Waals surface area contributed by atoms with Crippen molar-refractivity contribution in [2.24, 2.45) is 0 Å². The summed E-state index contributed by atoms with van der Waals surface area (Å²) in [6.45, 7) is 5.08. The minimum atomic E-state index is -0.0280. The molecule has 1 amide bonds. The lowest BCUT2D eigenvalue weighted by atomic mass is 10.1. The smallest absolute Gasteiger partial charge is 0.238 e. The number of halogens is 1. The predicted octanol–water partition coefficient (Wildman–Crippen LogP) is 3.73. The first-order valence-electron chi connectivity index (χ1n) is 7.37. The molecule has 0 saturated heterocycles. The average Bonchev–Trinajstić information content (AvgIpc) is 2.49. The maximum absolute atomic E-state index is 11.9. The molecule has 0 fully saturated rings. The van der Waals surface area contributed by atoms with Crippen molar-refractivity contribution in [3.05, 3.63) is 64.2 Å². The molecule has 0 heterocycles. The van der Waals surface area contributed by atoms with E-state index in [-0.39, 0.29) is 5.91 Å². The second kappa shape index (κ2) is 7.97. The van der Waals surface area contributed by atoms with Crippen LogP contribution < -0.4 is 10.6 Å². The number of anilines is 1.